The molecule has 0 aliphatic rings. The van der Waals surface area contributed by atoms with Crippen molar-refractivity contribution in [1.29, 1.82) is 0 Å². The fourth-order valence-electron chi connectivity index (χ4n) is 1.22. The molecule has 0 aliphatic carbocycles. The molecule has 1 aromatic heterocycles. The Kier molecular flexibility index (Phi) is 2.76. The zero-order chi connectivity index (χ0) is 10.7. The molecule has 1 heterocycles. The van der Waals surface area contributed by atoms with E-state index >= 15 is 0 Å². The van der Waals surface area contributed by atoms with Gasteiger partial charge >= 0.3 is 0 Å². The number of benzene rings is 1. The quantitative estimate of drug-likeness (QED) is 0.618. The molecule has 4 nitrogen and oxygen atoms in total. The summed E-state index contributed by atoms with van der Waals surface area (Å²) in [5.74, 6) is 0.441. The average molecular weight is 264 g/mol. The van der Waals surface area contributed by atoms with Crippen LogP contribution in [-0.2, 0) is 4.79 Å². The predicted molar refractivity (Wildman–Crippen MR) is 59.0 cm³/mol. The third-order valence-electron chi connectivity index (χ3n) is 1.85. The molecule has 2 rings (SSSR count). The second kappa shape index (κ2) is 4.21. The van der Waals surface area contributed by atoms with Crippen molar-refractivity contribution in [2.75, 3.05) is 0 Å². The highest BCUT2D eigenvalue weighted by Crippen LogP contribution is 2.26. The van der Waals surface area contributed by atoms with Gasteiger partial charge in [0.2, 0.25) is 6.08 Å². The lowest BCUT2D eigenvalue weighted by Crippen LogP contribution is -1.94. The molecule has 0 N–H and O–H groups in total. The summed E-state index contributed by atoms with van der Waals surface area (Å²) in [6, 6.07) is 9.44. The molecule has 0 fully saturated rings. The molecular weight excluding hydrogens is 258 g/mol. The molecule has 0 amide bonds. The van der Waals surface area contributed by atoms with Crippen LogP contribution in [0.15, 0.2) is 46.0 Å². The lowest BCUT2D eigenvalue weighted by Gasteiger charge is -2.01. The first kappa shape index (κ1) is 9.83. The van der Waals surface area contributed by atoms with Gasteiger partial charge in [0.25, 0.3) is 0 Å². The second-order valence-electron chi connectivity index (χ2n) is 2.77. The predicted octanol–water partition coefficient (Wildman–Crippen LogP) is 2.60. The third-order valence-corrected chi connectivity index (χ3v) is 2.41. The van der Waals surface area contributed by atoms with Crippen molar-refractivity contribution in [1.82, 2.24) is 9.78 Å². The van der Waals surface area contributed by atoms with E-state index in [4.69, 9.17) is 0 Å². The standard InChI is InChI=1S/C10H6BrN3O/c11-9-6-13-14(10(9)12-7-15)8-4-2-1-3-5-8/h1-6H. The Hall–Kier alpha value is -1.71. The molecule has 0 saturated heterocycles. The van der Waals surface area contributed by atoms with Crippen LogP contribution in [0, 0.1) is 0 Å². The van der Waals surface area contributed by atoms with Gasteiger partial charge in [-0.2, -0.15) is 5.10 Å². The minimum Gasteiger partial charge on any atom is -0.213 e. The van der Waals surface area contributed by atoms with Crippen molar-refractivity contribution in [3.05, 3.63) is 41.0 Å². The van der Waals surface area contributed by atoms with E-state index < -0.39 is 0 Å². The number of halogens is 1. The highest BCUT2D eigenvalue weighted by atomic mass is 79.9. The summed E-state index contributed by atoms with van der Waals surface area (Å²) in [6.45, 7) is 0. The van der Waals surface area contributed by atoms with Crippen LogP contribution in [-0.4, -0.2) is 15.9 Å². The zero-order valence-corrected chi connectivity index (χ0v) is 9.18. The van der Waals surface area contributed by atoms with E-state index in [-0.39, 0.29) is 0 Å². The number of hydrogen-bond acceptors (Lipinski definition) is 3. The Morgan fingerprint density at radius 2 is 2.07 bits per heavy atom. The number of hydrogen-bond donors (Lipinski definition) is 0. The van der Waals surface area contributed by atoms with E-state index in [0.29, 0.717) is 10.3 Å². The Balaban J connectivity index is 2.59. The van der Waals surface area contributed by atoms with Crippen molar-refractivity contribution in [3.8, 4) is 5.69 Å². The molecular formula is C10H6BrN3O. The number of isocyanates is 1. The van der Waals surface area contributed by atoms with Crippen LogP contribution >= 0.6 is 15.9 Å². The highest BCUT2D eigenvalue weighted by molar-refractivity contribution is 9.10. The molecule has 0 atom stereocenters. The van der Waals surface area contributed by atoms with Crippen molar-refractivity contribution < 1.29 is 4.79 Å². The van der Waals surface area contributed by atoms with Crippen molar-refractivity contribution in [2.45, 2.75) is 0 Å². The molecule has 2 aromatic rings. The minimum absolute atomic E-state index is 0.441. The van der Waals surface area contributed by atoms with Gasteiger partial charge in [-0.05, 0) is 28.1 Å². The highest BCUT2D eigenvalue weighted by Gasteiger charge is 2.08. The summed E-state index contributed by atoms with van der Waals surface area (Å²) in [5, 5.41) is 4.10. The largest absolute Gasteiger partial charge is 0.242 e. The summed E-state index contributed by atoms with van der Waals surface area (Å²) >= 11 is 3.26. The summed E-state index contributed by atoms with van der Waals surface area (Å²) < 4.78 is 2.23. The number of carbonyl (C=O) groups excluding carboxylic acids is 1. The van der Waals surface area contributed by atoms with Crippen LogP contribution in [0.25, 0.3) is 5.69 Å². The molecule has 0 saturated carbocycles. The Morgan fingerprint density at radius 1 is 1.33 bits per heavy atom. The molecule has 0 spiro atoms. The topological polar surface area (TPSA) is 47.2 Å². The second-order valence-corrected chi connectivity index (χ2v) is 3.62. The van der Waals surface area contributed by atoms with Crippen molar-refractivity contribution in [2.24, 2.45) is 4.99 Å². The van der Waals surface area contributed by atoms with E-state index in [1.807, 2.05) is 30.3 Å². The molecule has 74 valence electrons. The maximum absolute atomic E-state index is 10.3. The smallest absolute Gasteiger partial charge is 0.213 e. The van der Waals surface area contributed by atoms with Gasteiger partial charge in [-0.3, -0.25) is 0 Å². The molecule has 1 aromatic carbocycles. The van der Waals surface area contributed by atoms with Crippen LogP contribution in [0.3, 0.4) is 0 Å². The fourth-order valence-corrected chi connectivity index (χ4v) is 1.57. The van der Waals surface area contributed by atoms with Crippen molar-refractivity contribution >= 4 is 27.8 Å². The normalized spacial score (nSPS) is 9.67. The number of nitrogens with zero attached hydrogens (tertiary/aromatic N) is 3. The maximum Gasteiger partial charge on any atom is 0.242 e. The first-order valence-corrected chi connectivity index (χ1v) is 4.99. The zero-order valence-electron chi connectivity index (χ0n) is 7.59. The van der Waals surface area contributed by atoms with E-state index in [0.717, 1.165) is 5.69 Å². The number of aromatic nitrogens is 2. The first-order chi connectivity index (χ1) is 7.33. The first-order valence-electron chi connectivity index (χ1n) is 4.20. The summed E-state index contributed by atoms with van der Waals surface area (Å²) in [6.07, 6.45) is 3.09. The van der Waals surface area contributed by atoms with Crippen LogP contribution in [0.2, 0.25) is 0 Å². The van der Waals surface area contributed by atoms with Gasteiger partial charge in [-0.1, -0.05) is 18.2 Å². The van der Waals surface area contributed by atoms with E-state index in [9.17, 15) is 4.79 Å². The summed E-state index contributed by atoms with van der Waals surface area (Å²) in [4.78, 5) is 13.8. The lowest BCUT2D eigenvalue weighted by molar-refractivity contribution is 0.565. The monoisotopic (exact) mass is 263 g/mol. The van der Waals surface area contributed by atoms with E-state index in [1.165, 1.54) is 6.08 Å². The van der Waals surface area contributed by atoms with Gasteiger partial charge in [0.15, 0.2) is 5.82 Å². The van der Waals surface area contributed by atoms with Gasteiger partial charge in [-0.25, -0.2) is 9.48 Å². The maximum atomic E-state index is 10.3. The average Bonchev–Trinajstić information content (AvgIpc) is 2.63. The number of aliphatic imine (C=N–C) groups is 1. The van der Waals surface area contributed by atoms with Crippen molar-refractivity contribution in [3.63, 3.8) is 0 Å². The van der Waals surface area contributed by atoms with Gasteiger partial charge in [-0.15, -0.1) is 4.99 Å². The van der Waals surface area contributed by atoms with Crippen LogP contribution in [0.4, 0.5) is 5.82 Å². The van der Waals surface area contributed by atoms with Crippen LogP contribution < -0.4 is 0 Å². The Bertz CT molecular complexity index is 515. The van der Waals surface area contributed by atoms with Gasteiger partial charge < -0.3 is 0 Å². The SMILES string of the molecule is O=C=Nc1c(Br)cnn1-c1ccccc1. The molecule has 15 heavy (non-hydrogen) atoms. The number of rotatable bonds is 2. The van der Waals surface area contributed by atoms with E-state index in [1.54, 1.807) is 10.9 Å². The minimum atomic E-state index is 0.441. The summed E-state index contributed by atoms with van der Waals surface area (Å²) in [7, 11) is 0. The van der Waals surface area contributed by atoms with Crippen LogP contribution in [0.5, 0.6) is 0 Å². The Labute approximate surface area is 94.4 Å². The third kappa shape index (κ3) is 1.88. The van der Waals surface area contributed by atoms with Gasteiger partial charge in [0.05, 0.1) is 16.4 Å². The van der Waals surface area contributed by atoms with Gasteiger partial charge in [0.1, 0.15) is 0 Å². The molecule has 5 heteroatoms. The summed E-state index contributed by atoms with van der Waals surface area (Å²) in [5.41, 5.74) is 0.845. The molecule has 0 aliphatic heterocycles. The van der Waals surface area contributed by atoms with E-state index in [2.05, 4.69) is 26.0 Å². The van der Waals surface area contributed by atoms with Crippen LogP contribution in [0.1, 0.15) is 0 Å². The van der Waals surface area contributed by atoms with Gasteiger partial charge in [0, 0.05) is 0 Å². The lowest BCUT2D eigenvalue weighted by atomic mass is 10.3. The Morgan fingerprint density at radius 3 is 2.73 bits per heavy atom. The number of para-hydroxylation sites is 1. The fraction of sp³-hybridized carbons (Fsp3) is 0. The molecule has 0 radical (unpaired) electrons. The molecule has 0 bridgehead atoms. The molecule has 0 unspecified atom stereocenters.